The lowest BCUT2D eigenvalue weighted by Gasteiger charge is -2.50. The highest BCUT2D eigenvalue weighted by molar-refractivity contribution is 6.24. The molecule has 0 spiro atoms. The largest absolute Gasteiger partial charge is 0.376 e. The first-order valence-electron chi connectivity index (χ1n) is 5.93. The van der Waals surface area contributed by atoms with Crippen molar-refractivity contribution < 1.29 is 9.47 Å². The molecule has 1 aromatic rings. The van der Waals surface area contributed by atoms with Gasteiger partial charge in [0.2, 0.25) is 0 Å². The van der Waals surface area contributed by atoms with Crippen LogP contribution in [0.5, 0.6) is 0 Å². The van der Waals surface area contributed by atoms with E-state index in [1.54, 1.807) is 0 Å². The normalized spacial score (nSPS) is 31.7. The van der Waals surface area contributed by atoms with Crippen LogP contribution < -0.4 is 0 Å². The Kier molecular flexibility index (Phi) is 4.51. The van der Waals surface area contributed by atoms with Gasteiger partial charge >= 0.3 is 0 Å². The summed E-state index contributed by atoms with van der Waals surface area (Å²) in [7, 11) is 0. The number of benzene rings is 1. The van der Waals surface area contributed by atoms with Gasteiger partial charge in [-0.05, 0) is 5.56 Å². The summed E-state index contributed by atoms with van der Waals surface area (Å²) >= 11 is 6.60. The molecule has 0 aliphatic carbocycles. The number of rotatable bonds is 2. The first kappa shape index (κ1) is 14.1. The molecule has 2 aliphatic heterocycles. The Morgan fingerprint density at radius 2 is 1.78 bits per heavy atom. The van der Waals surface area contributed by atoms with Crippen LogP contribution in [0, 0.1) is 0 Å². The van der Waals surface area contributed by atoms with Crippen LogP contribution in [0.25, 0.3) is 0 Å². The van der Waals surface area contributed by atoms with Gasteiger partial charge in [-0.1, -0.05) is 41.9 Å². The average molecular weight is 290 g/mol. The molecule has 3 rings (SSSR count). The SMILES string of the molecule is Cl.ClC12COCC(COC1)N2Cc1ccccc1. The number of halogens is 2. The van der Waals surface area contributed by atoms with Crippen molar-refractivity contribution in [3.63, 3.8) is 0 Å². The van der Waals surface area contributed by atoms with Crippen LogP contribution in [0.3, 0.4) is 0 Å². The van der Waals surface area contributed by atoms with Crippen LogP contribution in [-0.4, -0.2) is 42.4 Å². The van der Waals surface area contributed by atoms with Crippen molar-refractivity contribution in [1.82, 2.24) is 4.90 Å². The monoisotopic (exact) mass is 289 g/mol. The van der Waals surface area contributed by atoms with E-state index in [0.717, 1.165) is 6.54 Å². The minimum absolute atomic E-state index is 0. The molecule has 0 unspecified atom stereocenters. The van der Waals surface area contributed by atoms with Crippen molar-refractivity contribution in [2.24, 2.45) is 0 Å². The second-order valence-electron chi connectivity index (χ2n) is 4.72. The van der Waals surface area contributed by atoms with Crippen LogP contribution in [0.15, 0.2) is 30.3 Å². The number of nitrogens with zero attached hydrogens (tertiary/aromatic N) is 1. The van der Waals surface area contributed by atoms with Crippen LogP contribution >= 0.6 is 24.0 Å². The fraction of sp³-hybridized carbons (Fsp3) is 0.538. The van der Waals surface area contributed by atoms with E-state index in [4.69, 9.17) is 21.1 Å². The van der Waals surface area contributed by atoms with Gasteiger partial charge < -0.3 is 9.47 Å². The highest BCUT2D eigenvalue weighted by Gasteiger charge is 2.46. The van der Waals surface area contributed by atoms with Crippen molar-refractivity contribution in [1.29, 1.82) is 0 Å². The summed E-state index contributed by atoms with van der Waals surface area (Å²) in [5, 5.41) is 0. The number of fused-ring (bicyclic) bond motifs is 2. The topological polar surface area (TPSA) is 21.7 Å². The predicted molar refractivity (Wildman–Crippen MR) is 73.2 cm³/mol. The van der Waals surface area contributed by atoms with Gasteiger partial charge in [0.1, 0.15) is 5.00 Å². The summed E-state index contributed by atoms with van der Waals surface area (Å²) in [6.45, 7) is 3.36. The first-order valence-corrected chi connectivity index (χ1v) is 6.31. The van der Waals surface area contributed by atoms with Gasteiger partial charge in [-0.25, -0.2) is 0 Å². The van der Waals surface area contributed by atoms with Gasteiger partial charge in [0.05, 0.1) is 32.5 Å². The molecule has 0 N–H and O–H groups in total. The summed E-state index contributed by atoms with van der Waals surface area (Å²) < 4.78 is 11.1. The molecule has 0 atom stereocenters. The molecule has 0 amide bonds. The molecular formula is C13H17Cl2NO2. The Morgan fingerprint density at radius 1 is 1.17 bits per heavy atom. The van der Waals surface area contributed by atoms with Crippen molar-refractivity contribution in [3.05, 3.63) is 35.9 Å². The van der Waals surface area contributed by atoms with E-state index in [-0.39, 0.29) is 18.4 Å². The fourth-order valence-electron chi connectivity index (χ4n) is 2.52. The van der Waals surface area contributed by atoms with E-state index in [9.17, 15) is 0 Å². The molecule has 2 bridgehead atoms. The van der Waals surface area contributed by atoms with Crippen molar-refractivity contribution in [3.8, 4) is 0 Å². The van der Waals surface area contributed by atoms with Gasteiger partial charge in [0.15, 0.2) is 0 Å². The zero-order chi connectivity index (χ0) is 11.7. The van der Waals surface area contributed by atoms with E-state index in [1.165, 1.54) is 5.56 Å². The lowest BCUT2D eigenvalue weighted by atomic mass is 10.1. The Morgan fingerprint density at radius 3 is 2.33 bits per heavy atom. The quantitative estimate of drug-likeness (QED) is 0.616. The third-order valence-corrected chi connectivity index (χ3v) is 3.85. The third kappa shape index (κ3) is 2.65. The first-order chi connectivity index (χ1) is 8.28. The molecular weight excluding hydrogens is 273 g/mol. The van der Waals surface area contributed by atoms with Gasteiger partial charge in [-0.3, -0.25) is 4.90 Å². The van der Waals surface area contributed by atoms with E-state index < -0.39 is 5.00 Å². The molecule has 0 saturated carbocycles. The zero-order valence-corrected chi connectivity index (χ0v) is 11.6. The van der Waals surface area contributed by atoms with Gasteiger partial charge in [-0.2, -0.15) is 0 Å². The second-order valence-corrected chi connectivity index (χ2v) is 5.42. The maximum absolute atomic E-state index is 6.60. The van der Waals surface area contributed by atoms with E-state index in [2.05, 4.69) is 29.2 Å². The second kappa shape index (κ2) is 5.76. The zero-order valence-electron chi connectivity index (χ0n) is 10.0. The molecule has 1 aromatic carbocycles. The van der Waals surface area contributed by atoms with Crippen LogP contribution in [-0.2, 0) is 16.0 Å². The smallest absolute Gasteiger partial charge is 0.144 e. The van der Waals surface area contributed by atoms with Crippen molar-refractivity contribution in [2.75, 3.05) is 26.4 Å². The van der Waals surface area contributed by atoms with E-state index >= 15 is 0 Å². The molecule has 100 valence electrons. The standard InChI is InChI=1S/C13H16ClNO2.ClH/c14-13-9-16-7-12(8-17-10-13)15(13)6-11-4-2-1-3-5-11;/h1-5,12H,6-10H2;1H. The Labute approximate surface area is 118 Å². The third-order valence-electron chi connectivity index (χ3n) is 3.42. The lowest BCUT2D eigenvalue weighted by molar-refractivity contribution is -0.158. The number of ether oxygens (including phenoxy) is 2. The minimum Gasteiger partial charge on any atom is -0.376 e. The Hall–Kier alpha value is -0.320. The number of hydrogen-bond donors (Lipinski definition) is 0. The lowest BCUT2D eigenvalue weighted by Crippen LogP contribution is -2.64. The Bertz CT molecular complexity index is 378. The maximum Gasteiger partial charge on any atom is 0.144 e. The fourth-order valence-corrected chi connectivity index (χ4v) is 2.87. The molecule has 2 heterocycles. The number of morpholine rings is 2. The van der Waals surface area contributed by atoms with Crippen molar-refractivity contribution >= 4 is 24.0 Å². The Balaban J connectivity index is 0.00000120. The molecule has 0 aromatic heterocycles. The van der Waals surface area contributed by atoms with E-state index in [0.29, 0.717) is 26.4 Å². The molecule has 0 radical (unpaired) electrons. The van der Waals surface area contributed by atoms with E-state index in [1.807, 2.05) is 6.07 Å². The highest BCUT2D eigenvalue weighted by Crippen LogP contribution is 2.33. The average Bonchev–Trinajstić information content (AvgIpc) is 2.32. The number of alkyl halides is 1. The molecule has 3 nitrogen and oxygen atoms in total. The van der Waals surface area contributed by atoms with Crippen molar-refractivity contribution in [2.45, 2.75) is 17.6 Å². The van der Waals surface area contributed by atoms with Crippen LogP contribution in [0.2, 0.25) is 0 Å². The molecule has 2 fully saturated rings. The maximum atomic E-state index is 6.60. The number of hydrogen-bond acceptors (Lipinski definition) is 3. The van der Waals surface area contributed by atoms with Crippen LogP contribution in [0.4, 0.5) is 0 Å². The minimum atomic E-state index is -0.489. The predicted octanol–water partition coefficient (Wildman–Crippen LogP) is 2.27. The molecule has 18 heavy (non-hydrogen) atoms. The highest BCUT2D eigenvalue weighted by atomic mass is 35.5. The molecule has 2 saturated heterocycles. The molecule has 2 aliphatic rings. The summed E-state index contributed by atoms with van der Waals surface area (Å²) in [4.78, 5) is 1.83. The molecule has 5 heteroatoms. The summed E-state index contributed by atoms with van der Waals surface area (Å²) in [5.41, 5.74) is 1.28. The summed E-state index contributed by atoms with van der Waals surface area (Å²) in [6.07, 6.45) is 0. The van der Waals surface area contributed by atoms with Gasteiger partial charge in [0, 0.05) is 6.54 Å². The van der Waals surface area contributed by atoms with Crippen LogP contribution in [0.1, 0.15) is 5.56 Å². The summed E-state index contributed by atoms with van der Waals surface area (Å²) in [6, 6.07) is 10.7. The summed E-state index contributed by atoms with van der Waals surface area (Å²) in [5.74, 6) is 0. The van der Waals surface area contributed by atoms with Gasteiger partial charge in [0.25, 0.3) is 0 Å². The van der Waals surface area contributed by atoms with Gasteiger partial charge in [-0.15, -0.1) is 12.4 Å².